The zero-order valence-electron chi connectivity index (χ0n) is 6.66. The molecule has 1 aromatic carbocycles. The average molecular weight is 323 g/mol. The van der Waals surface area contributed by atoms with Gasteiger partial charge in [-0.15, -0.1) is 0 Å². The van der Waals surface area contributed by atoms with Gasteiger partial charge in [0.25, 0.3) is 5.69 Å². The van der Waals surface area contributed by atoms with E-state index in [0.29, 0.717) is 10.1 Å². The van der Waals surface area contributed by atoms with Gasteiger partial charge >= 0.3 is 0 Å². The Labute approximate surface area is 95.8 Å². The molecule has 1 heterocycles. The molecule has 0 aliphatic carbocycles. The second kappa shape index (κ2) is 3.43. The molecule has 0 aliphatic heterocycles. The summed E-state index contributed by atoms with van der Waals surface area (Å²) in [5, 5.41) is 10.9. The van der Waals surface area contributed by atoms with Crippen molar-refractivity contribution in [3.63, 3.8) is 0 Å². The van der Waals surface area contributed by atoms with Crippen molar-refractivity contribution in [2.75, 3.05) is 0 Å². The third kappa shape index (κ3) is 1.59. The molecule has 2 aromatic rings. The molecule has 0 aliphatic rings. The molecule has 0 fully saturated rings. The first-order chi connectivity index (χ1) is 6.58. The largest absolute Gasteiger partial charge is 0.288 e. The van der Waals surface area contributed by atoms with Crippen LogP contribution in [0.15, 0.2) is 18.2 Å². The molecule has 2 rings (SSSR count). The minimum absolute atomic E-state index is 0.0270. The molecular formula is C8H3FINO2S. The molecule has 0 saturated carbocycles. The lowest BCUT2D eigenvalue weighted by Crippen LogP contribution is -1.88. The fraction of sp³-hybridized carbons (Fsp3) is 0. The minimum atomic E-state index is -0.486. The predicted molar refractivity (Wildman–Crippen MR) is 61.2 cm³/mol. The second-order valence-corrected chi connectivity index (χ2v) is 4.90. The fourth-order valence-corrected chi connectivity index (χ4v) is 2.69. The minimum Gasteiger partial charge on any atom is -0.258 e. The molecule has 14 heavy (non-hydrogen) atoms. The van der Waals surface area contributed by atoms with Crippen LogP contribution in [0.25, 0.3) is 10.1 Å². The van der Waals surface area contributed by atoms with E-state index >= 15 is 0 Å². The summed E-state index contributed by atoms with van der Waals surface area (Å²) in [4.78, 5) is 10.2. The van der Waals surface area contributed by atoms with E-state index < -0.39 is 10.1 Å². The molecule has 72 valence electrons. The summed E-state index contributed by atoms with van der Waals surface area (Å²) in [5.74, 6) is 0. The summed E-state index contributed by atoms with van der Waals surface area (Å²) in [6, 6.07) is 4.48. The van der Waals surface area contributed by atoms with Crippen LogP contribution in [-0.4, -0.2) is 4.92 Å². The van der Waals surface area contributed by atoms with E-state index in [1.165, 1.54) is 12.1 Å². The van der Waals surface area contributed by atoms with E-state index in [4.69, 9.17) is 0 Å². The number of nitro groups is 1. The highest BCUT2D eigenvalue weighted by molar-refractivity contribution is 14.1. The van der Waals surface area contributed by atoms with Crippen molar-refractivity contribution in [2.45, 2.75) is 0 Å². The van der Waals surface area contributed by atoms with Gasteiger partial charge in [-0.2, -0.15) is 4.39 Å². The Hall–Kier alpha value is -0.760. The third-order valence-corrected chi connectivity index (χ3v) is 3.31. The van der Waals surface area contributed by atoms with Gasteiger partial charge in [0, 0.05) is 15.0 Å². The quantitative estimate of drug-likeness (QED) is 0.458. The van der Waals surface area contributed by atoms with Gasteiger partial charge in [0.1, 0.15) is 4.70 Å². The van der Waals surface area contributed by atoms with Crippen LogP contribution in [0, 0.1) is 18.8 Å². The Balaban J connectivity index is 2.85. The number of hydrogen-bond donors (Lipinski definition) is 0. The number of nitro benzene ring substituents is 1. The summed E-state index contributed by atoms with van der Waals surface area (Å²) < 4.78 is 14.0. The summed E-state index contributed by atoms with van der Waals surface area (Å²) in [7, 11) is 0. The van der Waals surface area contributed by atoms with Gasteiger partial charge in [-0.3, -0.25) is 10.1 Å². The monoisotopic (exact) mass is 323 g/mol. The Kier molecular flexibility index (Phi) is 2.40. The summed E-state index contributed by atoms with van der Waals surface area (Å²) in [6.07, 6.45) is 0. The number of nitrogens with zero attached hydrogens (tertiary/aromatic N) is 1. The van der Waals surface area contributed by atoms with E-state index in [1.807, 2.05) is 22.6 Å². The maximum atomic E-state index is 12.9. The molecule has 0 atom stereocenters. The third-order valence-electron chi connectivity index (χ3n) is 1.73. The van der Waals surface area contributed by atoms with E-state index in [2.05, 4.69) is 0 Å². The Morgan fingerprint density at radius 1 is 1.43 bits per heavy atom. The van der Waals surface area contributed by atoms with Crippen LogP contribution in [-0.2, 0) is 0 Å². The van der Waals surface area contributed by atoms with Crippen LogP contribution >= 0.6 is 33.9 Å². The molecule has 6 heteroatoms. The number of halogens is 2. The zero-order chi connectivity index (χ0) is 10.3. The Bertz CT molecular complexity index is 525. The van der Waals surface area contributed by atoms with Crippen molar-refractivity contribution in [2.24, 2.45) is 0 Å². The van der Waals surface area contributed by atoms with Gasteiger partial charge in [0.2, 0.25) is 0 Å². The van der Waals surface area contributed by atoms with E-state index in [0.717, 1.165) is 14.9 Å². The first-order valence-corrected chi connectivity index (χ1v) is 5.50. The van der Waals surface area contributed by atoms with Crippen LogP contribution < -0.4 is 0 Å². The van der Waals surface area contributed by atoms with Crippen molar-refractivity contribution in [3.8, 4) is 0 Å². The number of rotatable bonds is 1. The van der Waals surface area contributed by atoms with Crippen LogP contribution in [0.5, 0.6) is 0 Å². The molecule has 0 unspecified atom stereocenters. The van der Waals surface area contributed by atoms with Crippen molar-refractivity contribution < 1.29 is 9.31 Å². The summed E-state index contributed by atoms with van der Waals surface area (Å²) >= 11 is 2.78. The molecule has 1 aromatic heterocycles. The van der Waals surface area contributed by atoms with Gasteiger partial charge in [-0.05, 0) is 34.7 Å². The molecule has 0 amide bonds. The normalized spacial score (nSPS) is 10.7. The van der Waals surface area contributed by atoms with Gasteiger partial charge in [-0.1, -0.05) is 11.3 Å². The highest BCUT2D eigenvalue weighted by Crippen LogP contribution is 2.34. The molecular weight excluding hydrogens is 320 g/mol. The number of thiophene rings is 1. The van der Waals surface area contributed by atoms with Gasteiger partial charge < -0.3 is 0 Å². The topological polar surface area (TPSA) is 43.1 Å². The fourth-order valence-electron chi connectivity index (χ4n) is 1.20. The number of non-ortho nitro benzene ring substituents is 1. The van der Waals surface area contributed by atoms with E-state index in [1.54, 1.807) is 6.07 Å². The maximum Gasteiger partial charge on any atom is 0.288 e. The summed E-state index contributed by atoms with van der Waals surface area (Å²) in [5.41, 5.74) is -0.0270. The van der Waals surface area contributed by atoms with Crippen LogP contribution in [0.1, 0.15) is 0 Å². The highest BCUT2D eigenvalue weighted by Gasteiger charge is 2.16. The van der Waals surface area contributed by atoms with Crippen molar-refractivity contribution in [1.82, 2.24) is 0 Å². The van der Waals surface area contributed by atoms with Crippen molar-refractivity contribution in [1.29, 1.82) is 0 Å². The second-order valence-electron chi connectivity index (χ2n) is 2.65. The molecule has 0 spiro atoms. The van der Waals surface area contributed by atoms with Crippen LogP contribution in [0.3, 0.4) is 0 Å². The molecule has 0 radical (unpaired) electrons. The lowest BCUT2D eigenvalue weighted by atomic mass is 10.2. The average Bonchev–Trinajstić information content (AvgIpc) is 2.42. The van der Waals surface area contributed by atoms with E-state index in [-0.39, 0.29) is 5.69 Å². The Morgan fingerprint density at radius 2 is 2.14 bits per heavy atom. The van der Waals surface area contributed by atoms with Crippen LogP contribution in [0.4, 0.5) is 10.1 Å². The molecule has 0 saturated heterocycles. The SMILES string of the molecule is O=[N+]([O-])c1cc(I)cc2cc(F)sc12. The smallest absolute Gasteiger partial charge is 0.258 e. The van der Waals surface area contributed by atoms with Gasteiger partial charge in [0.15, 0.2) is 5.13 Å². The van der Waals surface area contributed by atoms with Crippen LogP contribution in [0.2, 0.25) is 0 Å². The lowest BCUT2D eigenvalue weighted by Gasteiger charge is -1.94. The molecule has 3 nitrogen and oxygen atoms in total. The summed E-state index contributed by atoms with van der Waals surface area (Å²) in [6.45, 7) is 0. The van der Waals surface area contributed by atoms with Crippen molar-refractivity contribution in [3.05, 3.63) is 37.0 Å². The Morgan fingerprint density at radius 3 is 2.79 bits per heavy atom. The maximum absolute atomic E-state index is 12.9. The van der Waals surface area contributed by atoms with E-state index in [9.17, 15) is 14.5 Å². The first kappa shape index (κ1) is 9.78. The first-order valence-electron chi connectivity index (χ1n) is 3.61. The lowest BCUT2D eigenvalue weighted by molar-refractivity contribution is -0.382. The number of hydrogen-bond acceptors (Lipinski definition) is 3. The molecule has 0 bridgehead atoms. The highest BCUT2D eigenvalue weighted by atomic mass is 127. The predicted octanol–water partition coefficient (Wildman–Crippen LogP) is 3.55. The zero-order valence-corrected chi connectivity index (χ0v) is 9.63. The standard InChI is InChI=1S/C8H3FINO2S/c9-7-2-4-1-5(10)3-6(11(12)13)8(4)14-7/h1-3H. The number of benzene rings is 1. The van der Waals surface area contributed by atoms with Crippen molar-refractivity contribution >= 4 is 49.7 Å². The van der Waals surface area contributed by atoms with Gasteiger partial charge in [0.05, 0.1) is 4.92 Å². The number of fused-ring (bicyclic) bond motifs is 1. The molecule has 0 N–H and O–H groups in total. The van der Waals surface area contributed by atoms with Gasteiger partial charge in [-0.25, -0.2) is 0 Å².